The zero-order chi connectivity index (χ0) is 10.6. The van der Waals surface area contributed by atoms with Crippen molar-refractivity contribution in [2.24, 2.45) is 0 Å². The molecule has 2 nitrogen and oxygen atoms in total. The fraction of sp³-hybridized carbons (Fsp3) is 0.667. The monoisotopic (exact) mass is 196 g/mol. The molecule has 0 saturated heterocycles. The van der Waals surface area contributed by atoms with Gasteiger partial charge in [0.1, 0.15) is 12.1 Å². The van der Waals surface area contributed by atoms with Gasteiger partial charge in [-0.05, 0) is 25.3 Å². The van der Waals surface area contributed by atoms with Crippen molar-refractivity contribution in [3.63, 3.8) is 0 Å². The minimum absolute atomic E-state index is 0.359. The second-order valence-corrected chi connectivity index (χ2v) is 3.45. The van der Waals surface area contributed by atoms with Gasteiger partial charge in [-0.3, -0.25) is 9.59 Å². The van der Waals surface area contributed by atoms with Gasteiger partial charge >= 0.3 is 0 Å². The van der Waals surface area contributed by atoms with Gasteiger partial charge in [0.2, 0.25) is 0 Å². The van der Waals surface area contributed by atoms with Crippen molar-refractivity contribution < 1.29 is 9.59 Å². The van der Waals surface area contributed by atoms with E-state index in [0.29, 0.717) is 12.2 Å². The predicted molar refractivity (Wildman–Crippen MR) is 58.2 cm³/mol. The molecule has 0 aromatic heterocycles. The molecule has 0 aromatic carbocycles. The Bertz CT molecular complexity index is 183. The lowest BCUT2D eigenvalue weighted by Gasteiger charge is -1.98. The number of hydrogen-bond acceptors (Lipinski definition) is 2. The maximum Gasteiger partial charge on any atom is 0.142 e. The Hall–Kier alpha value is -0.920. The van der Waals surface area contributed by atoms with E-state index >= 15 is 0 Å². The van der Waals surface area contributed by atoms with E-state index in [2.05, 4.69) is 6.92 Å². The summed E-state index contributed by atoms with van der Waals surface area (Å²) in [5, 5.41) is 0. The fourth-order valence-corrected chi connectivity index (χ4v) is 1.27. The van der Waals surface area contributed by atoms with Crippen LogP contribution in [0.4, 0.5) is 0 Å². The van der Waals surface area contributed by atoms with E-state index in [4.69, 9.17) is 0 Å². The quantitative estimate of drug-likeness (QED) is 0.322. The first-order valence-electron chi connectivity index (χ1n) is 5.43. The molecule has 0 aromatic rings. The van der Waals surface area contributed by atoms with Gasteiger partial charge < -0.3 is 0 Å². The number of carbonyl (C=O) groups excluding carboxylic acids is 2. The molecule has 0 unspecified atom stereocenters. The maximum atomic E-state index is 11.3. The van der Waals surface area contributed by atoms with Gasteiger partial charge in [0.15, 0.2) is 0 Å². The summed E-state index contributed by atoms with van der Waals surface area (Å²) in [5.74, 6) is 0.359. The summed E-state index contributed by atoms with van der Waals surface area (Å²) in [6.45, 7) is 2.13. The van der Waals surface area contributed by atoms with Gasteiger partial charge in [-0.2, -0.15) is 0 Å². The van der Waals surface area contributed by atoms with Crippen LogP contribution in [0.5, 0.6) is 0 Å². The van der Waals surface area contributed by atoms with Crippen molar-refractivity contribution in [3.05, 3.63) is 12.2 Å². The third-order valence-corrected chi connectivity index (χ3v) is 2.10. The molecule has 2 heteroatoms. The van der Waals surface area contributed by atoms with E-state index in [1.54, 1.807) is 0 Å². The van der Waals surface area contributed by atoms with Crippen molar-refractivity contribution in [2.75, 3.05) is 0 Å². The SMILES string of the molecule is CCCCCC(=O)CCCC=CC=O. The van der Waals surface area contributed by atoms with Crippen LogP contribution in [0.3, 0.4) is 0 Å². The third kappa shape index (κ3) is 9.17. The number of ketones is 1. The van der Waals surface area contributed by atoms with Gasteiger partial charge in [0.25, 0.3) is 0 Å². The maximum absolute atomic E-state index is 11.3. The molecular weight excluding hydrogens is 176 g/mol. The summed E-state index contributed by atoms with van der Waals surface area (Å²) in [5.41, 5.74) is 0. The van der Waals surface area contributed by atoms with Crippen LogP contribution >= 0.6 is 0 Å². The molecule has 0 heterocycles. The Morgan fingerprint density at radius 1 is 1.14 bits per heavy atom. The fourth-order valence-electron chi connectivity index (χ4n) is 1.27. The molecule has 80 valence electrons. The molecule has 0 bridgehead atoms. The lowest BCUT2D eigenvalue weighted by molar-refractivity contribution is -0.119. The van der Waals surface area contributed by atoms with Crippen LogP contribution < -0.4 is 0 Å². The Labute approximate surface area is 86.4 Å². The number of allylic oxidation sites excluding steroid dienone is 2. The van der Waals surface area contributed by atoms with Crippen LogP contribution in [0.1, 0.15) is 51.9 Å². The summed E-state index contributed by atoms with van der Waals surface area (Å²) >= 11 is 0. The smallest absolute Gasteiger partial charge is 0.142 e. The standard InChI is InChI=1S/C12H20O2/c1-2-3-6-9-12(14)10-7-4-5-8-11-13/h5,8,11H,2-4,6-7,9-10H2,1H3. The number of carbonyl (C=O) groups is 2. The van der Waals surface area contributed by atoms with Gasteiger partial charge in [0.05, 0.1) is 0 Å². The molecule has 0 aliphatic rings. The second-order valence-electron chi connectivity index (χ2n) is 3.45. The van der Waals surface area contributed by atoms with Gasteiger partial charge in [-0.25, -0.2) is 0 Å². The molecule has 0 N–H and O–H groups in total. The van der Waals surface area contributed by atoms with E-state index in [0.717, 1.165) is 44.8 Å². The van der Waals surface area contributed by atoms with Crippen LogP contribution in [0.15, 0.2) is 12.2 Å². The minimum Gasteiger partial charge on any atom is -0.300 e. The minimum atomic E-state index is 0.359. The normalized spacial score (nSPS) is 10.6. The first-order valence-corrected chi connectivity index (χ1v) is 5.43. The molecule has 14 heavy (non-hydrogen) atoms. The third-order valence-electron chi connectivity index (χ3n) is 2.10. The average molecular weight is 196 g/mol. The van der Waals surface area contributed by atoms with Crippen LogP contribution in [-0.2, 0) is 9.59 Å². The van der Waals surface area contributed by atoms with Crippen molar-refractivity contribution in [1.82, 2.24) is 0 Å². The first kappa shape index (κ1) is 13.1. The predicted octanol–water partition coefficient (Wildman–Crippen LogP) is 3.06. The van der Waals surface area contributed by atoms with Crippen molar-refractivity contribution in [3.8, 4) is 0 Å². The highest BCUT2D eigenvalue weighted by Gasteiger charge is 1.99. The van der Waals surface area contributed by atoms with Crippen LogP contribution in [0.25, 0.3) is 0 Å². The summed E-state index contributed by atoms with van der Waals surface area (Å²) in [6.07, 6.45) is 10.5. The first-order chi connectivity index (χ1) is 6.81. The zero-order valence-corrected chi connectivity index (χ0v) is 9.00. The number of hydrogen-bond donors (Lipinski definition) is 0. The van der Waals surface area contributed by atoms with E-state index < -0.39 is 0 Å². The average Bonchev–Trinajstić information content (AvgIpc) is 2.18. The van der Waals surface area contributed by atoms with Crippen LogP contribution in [0, 0.1) is 0 Å². The topological polar surface area (TPSA) is 34.1 Å². The largest absolute Gasteiger partial charge is 0.300 e. The number of aldehydes is 1. The highest BCUT2D eigenvalue weighted by molar-refractivity contribution is 5.78. The van der Waals surface area contributed by atoms with E-state index in [1.165, 1.54) is 6.08 Å². The Morgan fingerprint density at radius 3 is 2.50 bits per heavy atom. The highest BCUT2D eigenvalue weighted by Crippen LogP contribution is 2.05. The Morgan fingerprint density at radius 2 is 1.86 bits per heavy atom. The molecule has 0 saturated carbocycles. The van der Waals surface area contributed by atoms with E-state index in [9.17, 15) is 9.59 Å². The number of unbranched alkanes of at least 4 members (excludes halogenated alkanes) is 3. The van der Waals surface area contributed by atoms with Crippen LogP contribution in [-0.4, -0.2) is 12.1 Å². The molecule has 0 amide bonds. The highest BCUT2D eigenvalue weighted by atomic mass is 16.1. The van der Waals surface area contributed by atoms with E-state index in [1.807, 2.05) is 6.08 Å². The summed E-state index contributed by atoms with van der Waals surface area (Å²) in [4.78, 5) is 21.2. The van der Waals surface area contributed by atoms with Gasteiger partial charge in [0, 0.05) is 12.8 Å². The Kier molecular flexibility index (Phi) is 9.49. The number of rotatable bonds is 9. The summed E-state index contributed by atoms with van der Waals surface area (Å²) < 4.78 is 0. The van der Waals surface area contributed by atoms with Crippen molar-refractivity contribution >= 4 is 12.1 Å². The zero-order valence-electron chi connectivity index (χ0n) is 9.00. The molecule has 0 atom stereocenters. The van der Waals surface area contributed by atoms with E-state index in [-0.39, 0.29) is 0 Å². The van der Waals surface area contributed by atoms with Crippen LogP contribution in [0.2, 0.25) is 0 Å². The molecular formula is C12H20O2. The van der Waals surface area contributed by atoms with Gasteiger partial charge in [-0.15, -0.1) is 0 Å². The Balaban J connectivity index is 3.26. The van der Waals surface area contributed by atoms with Gasteiger partial charge in [-0.1, -0.05) is 25.8 Å². The number of Topliss-reactive ketones (excluding diaryl/α,β-unsaturated/α-hetero) is 1. The van der Waals surface area contributed by atoms with Crippen molar-refractivity contribution in [1.29, 1.82) is 0 Å². The van der Waals surface area contributed by atoms with Crippen molar-refractivity contribution in [2.45, 2.75) is 51.9 Å². The lowest BCUT2D eigenvalue weighted by Crippen LogP contribution is -1.96. The molecule has 0 rings (SSSR count). The summed E-state index contributed by atoms with van der Waals surface area (Å²) in [6, 6.07) is 0. The lowest BCUT2D eigenvalue weighted by atomic mass is 10.1. The molecule has 0 spiro atoms. The molecule has 0 radical (unpaired) electrons. The second kappa shape index (κ2) is 10.2. The summed E-state index contributed by atoms with van der Waals surface area (Å²) in [7, 11) is 0. The molecule has 0 aliphatic heterocycles. The molecule has 0 fully saturated rings. The molecule has 0 aliphatic carbocycles.